The number of aryl methyl sites for hydroxylation is 3. The van der Waals surface area contributed by atoms with Gasteiger partial charge in [-0.25, -0.2) is 0 Å². The van der Waals surface area contributed by atoms with Crippen molar-refractivity contribution in [1.29, 1.82) is 0 Å². The minimum atomic E-state index is 0.360. The number of ether oxygens (including phenoxy) is 4. The van der Waals surface area contributed by atoms with Gasteiger partial charge in [-0.2, -0.15) is 11.3 Å². The van der Waals surface area contributed by atoms with E-state index in [-0.39, 0.29) is 0 Å². The van der Waals surface area contributed by atoms with Crippen LogP contribution in [-0.4, -0.2) is 13.6 Å². The van der Waals surface area contributed by atoms with E-state index in [4.69, 9.17) is 18.9 Å². The largest absolute Gasteiger partial charge is 0.454 e. The molecule has 0 N–H and O–H groups in total. The molecule has 3 heterocycles. The maximum absolute atomic E-state index is 5.16. The Morgan fingerprint density at radius 2 is 1.00 bits per heavy atom. The molecule has 1 aromatic heterocycles. The standard InChI is InChI=1S/2C8H8O2.C5H6S.2C2H6/c2*1-6-2-3-7-8(4-6)10-5-9-7;1-5-2-3-6-4-5;2*1-2/h2*2-4H,5H2,1H3;2-4H,1H3;2*1-2H3. The first-order chi connectivity index (χ1) is 14.6. The number of hydrogen-bond acceptors (Lipinski definition) is 5. The van der Waals surface area contributed by atoms with Gasteiger partial charge in [0.25, 0.3) is 0 Å². The molecule has 0 aliphatic carbocycles. The first kappa shape index (κ1) is 25.4. The van der Waals surface area contributed by atoms with Crippen molar-refractivity contribution in [3.05, 3.63) is 69.9 Å². The van der Waals surface area contributed by atoms with Crippen molar-refractivity contribution in [3.63, 3.8) is 0 Å². The highest BCUT2D eigenvalue weighted by Gasteiger charge is 2.12. The number of thiophene rings is 1. The number of hydrogen-bond donors (Lipinski definition) is 0. The lowest BCUT2D eigenvalue weighted by Crippen LogP contribution is -1.92. The van der Waals surface area contributed by atoms with E-state index in [9.17, 15) is 0 Å². The molecule has 5 heteroatoms. The van der Waals surface area contributed by atoms with Gasteiger partial charge in [0.05, 0.1) is 0 Å². The Labute approximate surface area is 185 Å². The number of benzene rings is 2. The molecule has 0 unspecified atom stereocenters. The Bertz CT molecular complexity index is 789. The van der Waals surface area contributed by atoms with Crippen molar-refractivity contribution in [3.8, 4) is 23.0 Å². The average Bonchev–Trinajstić information content (AvgIpc) is 3.53. The summed E-state index contributed by atoms with van der Waals surface area (Å²) in [6.07, 6.45) is 0. The summed E-state index contributed by atoms with van der Waals surface area (Å²) in [5, 5.41) is 4.20. The molecule has 0 fully saturated rings. The molecule has 0 bridgehead atoms. The van der Waals surface area contributed by atoms with Crippen molar-refractivity contribution in [2.45, 2.75) is 48.5 Å². The zero-order valence-electron chi connectivity index (χ0n) is 19.2. The van der Waals surface area contributed by atoms with Crippen LogP contribution < -0.4 is 18.9 Å². The Morgan fingerprint density at radius 1 is 0.567 bits per heavy atom. The van der Waals surface area contributed by atoms with Crippen molar-refractivity contribution in [2.24, 2.45) is 0 Å². The lowest BCUT2D eigenvalue weighted by Gasteiger charge is -1.94. The first-order valence-electron chi connectivity index (χ1n) is 10.3. The van der Waals surface area contributed by atoms with E-state index in [1.165, 1.54) is 16.7 Å². The molecule has 2 aliphatic heterocycles. The second kappa shape index (κ2) is 14.3. The van der Waals surface area contributed by atoms with Gasteiger partial charge in [-0.05, 0) is 78.6 Å². The third kappa shape index (κ3) is 8.37. The molecule has 30 heavy (non-hydrogen) atoms. The fraction of sp³-hybridized carbons (Fsp3) is 0.360. The van der Waals surface area contributed by atoms with E-state index in [1.54, 1.807) is 11.3 Å². The Hall–Kier alpha value is -2.66. The highest BCUT2D eigenvalue weighted by Crippen LogP contribution is 2.32. The van der Waals surface area contributed by atoms with Gasteiger partial charge in [0.1, 0.15) is 0 Å². The molecule has 164 valence electrons. The second-order valence-electron chi connectivity index (χ2n) is 6.01. The van der Waals surface area contributed by atoms with Gasteiger partial charge in [0, 0.05) is 0 Å². The van der Waals surface area contributed by atoms with E-state index < -0.39 is 0 Å². The van der Waals surface area contributed by atoms with Crippen molar-refractivity contribution in [2.75, 3.05) is 13.6 Å². The van der Waals surface area contributed by atoms with Crippen LogP contribution >= 0.6 is 11.3 Å². The van der Waals surface area contributed by atoms with Gasteiger partial charge >= 0.3 is 0 Å². The van der Waals surface area contributed by atoms with Gasteiger partial charge in [0.15, 0.2) is 23.0 Å². The van der Waals surface area contributed by atoms with Crippen LogP contribution in [0.5, 0.6) is 23.0 Å². The van der Waals surface area contributed by atoms with E-state index in [0.717, 1.165) is 23.0 Å². The summed E-state index contributed by atoms with van der Waals surface area (Å²) >= 11 is 1.74. The molecule has 0 saturated heterocycles. The molecule has 2 aliphatic rings. The summed E-state index contributed by atoms with van der Waals surface area (Å²) in [5.74, 6) is 3.43. The third-order valence-corrected chi connectivity index (χ3v) is 4.52. The zero-order valence-corrected chi connectivity index (χ0v) is 20.0. The van der Waals surface area contributed by atoms with Gasteiger partial charge in [-0.3, -0.25) is 0 Å². The molecule has 2 aromatic carbocycles. The summed E-state index contributed by atoms with van der Waals surface area (Å²) in [7, 11) is 0. The Morgan fingerprint density at radius 3 is 1.33 bits per heavy atom. The SMILES string of the molecule is CC.CC.Cc1ccc2c(c1)OCO2.Cc1ccc2c(c1)OCO2.Cc1ccsc1. The predicted molar refractivity (Wildman–Crippen MR) is 126 cm³/mol. The maximum atomic E-state index is 5.16. The smallest absolute Gasteiger partial charge is 0.231 e. The third-order valence-electron chi connectivity index (χ3n) is 3.72. The van der Waals surface area contributed by atoms with E-state index in [2.05, 4.69) is 23.8 Å². The number of rotatable bonds is 0. The van der Waals surface area contributed by atoms with Gasteiger partial charge in [-0.15, -0.1) is 0 Å². The lowest BCUT2D eigenvalue weighted by atomic mass is 10.2. The second-order valence-corrected chi connectivity index (χ2v) is 6.79. The normalized spacial score (nSPS) is 11.3. The molecule has 3 aromatic rings. The molecule has 0 atom stereocenters. The number of fused-ring (bicyclic) bond motifs is 2. The van der Waals surface area contributed by atoms with Crippen LogP contribution in [0.25, 0.3) is 0 Å². The molecule has 5 rings (SSSR count). The van der Waals surface area contributed by atoms with E-state index in [0.29, 0.717) is 13.6 Å². The average molecular weight is 431 g/mol. The Kier molecular flexibility index (Phi) is 12.1. The fourth-order valence-corrected chi connectivity index (χ4v) is 3.01. The summed E-state index contributed by atoms with van der Waals surface area (Å²) in [6, 6.07) is 13.9. The van der Waals surface area contributed by atoms with Crippen LogP contribution in [0, 0.1) is 20.8 Å². The molecular weight excluding hydrogens is 396 g/mol. The zero-order chi connectivity index (χ0) is 22.4. The summed E-state index contributed by atoms with van der Waals surface area (Å²) < 4.78 is 20.6. The van der Waals surface area contributed by atoms with Gasteiger partial charge < -0.3 is 18.9 Å². The summed E-state index contributed by atoms with van der Waals surface area (Å²) in [6.45, 7) is 14.9. The molecule has 0 radical (unpaired) electrons. The minimum Gasteiger partial charge on any atom is -0.454 e. The Balaban J connectivity index is 0.000000213. The summed E-state index contributed by atoms with van der Waals surface area (Å²) in [4.78, 5) is 0. The van der Waals surface area contributed by atoms with Crippen LogP contribution in [0.15, 0.2) is 53.2 Å². The molecular formula is C25H34O4S. The quantitative estimate of drug-likeness (QED) is 0.369. The molecule has 0 spiro atoms. The molecule has 0 amide bonds. The van der Waals surface area contributed by atoms with Crippen LogP contribution in [0.3, 0.4) is 0 Å². The topological polar surface area (TPSA) is 36.9 Å². The van der Waals surface area contributed by atoms with Crippen LogP contribution in [0.2, 0.25) is 0 Å². The van der Waals surface area contributed by atoms with E-state index in [1.807, 2.05) is 77.9 Å². The predicted octanol–water partition coefficient (Wildman–Crippen LogP) is 7.56. The van der Waals surface area contributed by atoms with Crippen LogP contribution in [0.1, 0.15) is 44.4 Å². The van der Waals surface area contributed by atoms with E-state index >= 15 is 0 Å². The van der Waals surface area contributed by atoms with Gasteiger partial charge in [0.2, 0.25) is 13.6 Å². The summed E-state index contributed by atoms with van der Waals surface area (Å²) in [5.41, 5.74) is 3.76. The maximum Gasteiger partial charge on any atom is 0.231 e. The van der Waals surface area contributed by atoms with Crippen molar-refractivity contribution < 1.29 is 18.9 Å². The van der Waals surface area contributed by atoms with Gasteiger partial charge in [-0.1, -0.05) is 39.8 Å². The first-order valence-corrected chi connectivity index (χ1v) is 11.3. The highest BCUT2D eigenvalue weighted by molar-refractivity contribution is 7.07. The minimum absolute atomic E-state index is 0.360. The van der Waals surface area contributed by atoms with Crippen molar-refractivity contribution in [1.82, 2.24) is 0 Å². The van der Waals surface area contributed by atoms with Crippen LogP contribution in [0.4, 0.5) is 0 Å². The molecule has 0 saturated carbocycles. The van der Waals surface area contributed by atoms with Crippen LogP contribution in [-0.2, 0) is 0 Å². The monoisotopic (exact) mass is 430 g/mol. The van der Waals surface area contributed by atoms with Crippen molar-refractivity contribution >= 4 is 11.3 Å². The lowest BCUT2D eigenvalue weighted by molar-refractivity contribution is 0.173. The highest BCUT2D eigenvalue weighted by atomic mass is 32.1. The fourth-order valence-electron chi connectivity index (χ4n) is 2.34. The molecule has 4 nitrogen and oxygen atoms in total.